The van der Waals surface area contributed by atoms with Crippen molar-refractivity contribution >= 4 is 5.97 Å². The molecule has 2 heterocycles. The zero-order chi connectivity index (χ0) is 23.2. The summed E-state index contributed by atoms with van der Waals surface area (Å²) in [5.74, 6) is 0.274. The Morgan fingerprint density at radius 3 is 2.06 bits per heavy atom. The van der Waals surface area contributed by atoms with Crippen LogP contribution in [0, 0.1) is 0 Å². The summed E-state index contributed by atoms with van der Waals surface area (Å²) < 4.78 is 6.86. The van der Waals surface area contributed by atoms with Gasteiger partial charge in [-0.1, -0.05) is 60.7 Å². The van der Waals surface area contributed by atoms with Crippen LogP contribution >= 0.6 is 0 Å². The summed E-state index contributed by atoms with van der Waals surface area (Å²) in [7, 11) is 2.26. The van der Waals surface area contributed by atoms with Gasteiger partial charge in [-0.15, -0.1) is 0 Å². The molecule has 1 saturated heterocycles. The SMILES string of the molecule is C[N+]1(CCCc2ncccn2)CCC(OC(=O)C(O)(c2ccccc2)c2ccccc2)CC1. The van der Waals surface area contributed by atoms with E-state index < -0.39 is 11.6 Å². The molecule has 172 valence electrons. The van der Waals surface area contributed by atoms with Gasteiger partial charge in [0, 0.05) is 38.1 Å². The molecule has 3 aromatic rings. The van der Waals surface area contributed by atoms with E-state index in [1.165, 1.54) is 0 Å². The second kappa shape index (κ2) is 10.2. The highest BCUT2D eigenvalue weighted by Crippen LogP contribution is 2.32. The number of benzene rings is 2. The van der Waals surface area contributed by atoms with Crippen LogP contribution in [0.2, 0.25) is 0 Å². The highest BCUT2D eigenvalue weighted by Gasteiger charge is 2.43. The number of ether oxygens (including phenoxy) is 1. The molecule has 6 nitrogen and oxygen atoms in total. The average Bonchev–Trinajstić information content (AvgIpc) is 2.87. The third-order valence-electron chi connectivity index (χ3n) is 6.65. The Hall–Kier alpha value is -3.09. The van der Waals surface area contributed by atoms with Crippen LogP contribution < -0.4 is 0 Å². The van der Waals surface area contributed by atoms with Gasteiger partial charge in [0.05, 0.1) is 26.7 Å². The Bertz CT molecular complexity index is 981. The molecular formula is C27H32N3O3+. The van der Waals surface area contributed by atoms with Crippen molar-refractivity contribution in [2.24, 2.45) is 0 Å². The van der Waals surface area contributed by atoms with E-state index in [2.05, 4.69) is 17.0 Å². The van der Waals surface area contributed by atoms with Crippen molar-refractivity contribution in [3.05, 3.63) is 96.1 Å². The topological polar surface area (TPSA) is 72.3 Å². The molecule has 0 unspecified atom stereocenters. The maximum Gasteiger partial charge on any atom is 0.347 e. The summed E-state index contributed by atoms with van der Waals surface area (Å²) in [5, 5.41) is 11.6. The fraction of sp³-hybridized carbons (Fsp3) is 0.370. The van der Waals surface area contributed by atoms with Gasteiger partial charge in [0.15, 0.2) is 0 Å². The first-order valence-electron chi connectivity index (χ1n) is 11.6. The Morgan fingerprint density at radius 1 is 0.970 bits per heavy atom. The van der Waals surface area contributed by atoms with Crippen LogP contribution in [0.25, 0.3) is 0 Å². The zero-order valence-corrected chi connectivity index (χ0v) is 19.1. The summed E-state index contributed by atoms with van der Waals surface area (Å²) in [6, 6.07) is 19.9. The number of quaternary nitrogens is 1. The second-order valence-corrected chi connectivity index (χ2v) is 9.11. The smallest absolute Gasteiger partial charge is 0.347 e. The first-order valence-corrected chi connectivity index (χ1v) is 11.6. The van der Waals surface area contributed by atoms with Gasteiger partial charge < -0.3 is 14.3 Å². The molecule has 0 atom stereocenters. The van der Waals surface area contributed by atoms with Crippen LogP contribution in [-0.4, -0.2) is 58.3 Å². The number of hydrogen-bond donors (Lipinski definition) is 1. The van der Waals surface area contributed by atoms with Gasteiger partial charge in [0.2, 0.25) is 5.60 Å². The molecule has 4 rings (SSSR count). The predicted octanol–water partition coefficient (Wildman–Crippen LogP) is 3.50. The molecule has 1 aliphatic heterocycles. The lowest BCUT2D eigenvalue weighted by atomic mass is 9.86. The molecule has 0 saturated carbocycles. The highest BCUT2D eigenvalue weighted by atomic mass is 16.6. The van der Waals surface area contributed by atoms with Crippen molar-refractivity contribution in [2.75, 3.05) is 26.7 Å². The summed E-state index contributed by atoms with van der Waals surface area (Å²) in [5.41, 5.74) is -0.796. The number of aromatic nitrogens is 2. The first-order chi connectivity index (χ1) is 16.0. The summed E-state index contributed by atoms with van der Waals surface area (Å²) in [4.78, 5) is 21.9. The Kier molecular flexibility index (Phi) is 7.16. The van der Waals surface area contributed by atoms with Crippen molar-refractivity contribution in [3.8, 4) is 0 Å². The second-order valence-electron chi connectivity index (χ2n) is 9.11. The molecule has 0 aliphatic carbocycles. The molecule has 0 amide bonds. The fourth-order valence-electron chi connectivity index (χ4n) is 4.58. The average molecular weight is 447 g/mol. The molecule has 0 bridgehead atoms. The van der Waals surface area contributed by atoms with Crippen molar-refractivity contribution in [1.29, 1.82) is 0 Å². The zero-order valence-electron chi connectivity index (χ0n) is 19.1. The fourth-order valence-corrected chi connectivity index (χ4v) is 4.58. The minimum Gasteiger partial charge on any atom is -0.459 e. The van der Waals surface area contributed by atoms with Crippen LogP contribution in [0.5, 0.6) is 0 Å². The van der Waals surface area contributed by atoms with E-state index >= 15 is 0 Å². The number of aryl methyl sites for hydroxylation is 1. The number of nitrogens with zero attached hydrogens (tertiary/aromatic N) is 3. The van der Waals surface area contributed by atoms with Gasteiger partial charge in [-0.05, 0) is 17.2 Å². The lowest BCUT2D eigenvalue weighted by Crippen LogP contribution is -2.52. The number of esters is 1. The monoisotopic (exact) mass is 446 g/mol. The number of carbonyl (C=O) groups is 1. The van der Waals surface area contributed by atoms with E-state index in [1.807, 2.05) is 42.5 Å². The molecular weight excluding hydrogens is 414 g/mol. The Balaban J connectivity index is 1.37. The lowest BCUT2D eigenvalue weighted by Gasteiger charge is -2.41. The molecule has 33 heavy (non-hydrogen) atoms. The summed E-state index contributed by atoms with van der Waals surface area (Å²) in [6.07, 6.45) is 6.82. The third-order valence-corrected chi connectivity index (χ3v) is 6.65. The standard InChI is InChI=1S/C27H32N3O3/c1-30(19-8-14-25-28-17-9-18-29-25)20-15-24(16-21-30)33-26(31)27(32,22-10-4-2-5-11-22)23-12-6-3-7-13-23/h2-7,9-13,17-18,24,32H,8,14-16,19-21H2,1H3/q+1. The molecule has 1 aliphatic rings. The number of piperidine rings is 1. The quantitative estimate of drug-likeness (QED) is 0.424. The molecule has 0 radical (unpaired) electrons. The van der Waals surface area contributed by atoms with Crippen LogP contribution in [-0.2, 0) is 21.6 Å². The number of hydrogen-bond acceptors (Lipinski definition) is 5. The van der Waals surface area contributed by atoms with Crippen LogP contribution in [0.1, 0.15) is 36.2 Å². The van der Waals surface area contributed by atoms with Gasteiger partial charge in [0.1, 0.15) is 11.9 Å². The largest absolute Gasteiger partial charge is 0.459 e. The molecule has 1 N–H and O–H groups in total. The number of rotatable bonds is 8. The van der Waals surface area contributed by atoms with Crippen LogP contribution in [0.4, 0.5) is 0 Å². The van der Waals surface area contributed by atoms with Gasteiger partial charge >= 0.3 is 5.97 Å². The third kappa shape index (κ3) is 5.46. The summed E-state index contributed by atoms with van der Waals surface area (Å²) >= 11 is 0. The van der Waals surface area contributed by atoms with Gasteiger partial charge in [-0.25, -0.2) is 14.8 Å². The number of aliphatic hydroxyl groups is 1. The normalized spacial score (nSPS) is 20.8. The highest BCUT2D eigenvalue weighted by molar-refractivity contribution is 5.85. The molecule has 6 heteroatoms. The first kappa shape index (κ1) is 23.1. The maximum absolute atomic E-state index is 13.3. The number of likely N-dealkylation sites (tertiary alicyclic amines) is 1. The van der Waals surface area contributed by atoms with Gasteiger partial charge in [0.25, 0.3) is 0 Å². The Labute approximate surface area is 195 Å². The van der Waals surface area contributed by atoms with E-state index in [1.54, 1.807) is 36.7 Å². The van der Waals surface area contributed by atoms with Crippen molar-refractivity contribution < 1.29 is 19.1 Å². The van der Waals surface area contributed by atoms with E-state index in [4.69, 9.17) is 4.74 Å². The van der Waals surface area contributed by atoms with Crippen molar-refractivity contribution in [2.45, 2.75) is 37.4 Å². The Morgan fingerprint density at radius 2 is 1.52 bits per heavy atom. The predicted molar refractivity (Wildman–Crippen MR) is 126 cm³/mol. The molecule has 1 fully saturated rings. The minimum atomic E-state index is -1.83. The molecule has 2 aromatic carbocycles. The van der Waals surface area contributed by atoms with E-state index in [-0.39, 0.29) is 6.10 Å². The van der Waals surface area contributed by atoms with E-state index in [0.29, 0.717) is 11.1 Å². The van der Waals surface area contributed by atoms with Crippen molar-refractivity contribution in [1.82, 2.24) is 9.97 Å². The van der Waals surface area contributed by atoms with Crippen LogP contribution in [0.15, 0.2) is 79.1 Å². The molecule has 1 aromatic heterocycles. The van der Waals surface area contributed by atoms with E-state index in [9.17, 15) is 9.90 Å². The molecule has 0 spiro atoms. The minimum absolute atomic E-state index is 0.194. The van der Waals surface area contributed by atoms with Gasteiger partial charge in [-0.2, -0.15) is 0 Å². The summed E-state index contributed by atoms with van der Waals surface area (Å²) in [6.45, 7) is 2.91. The maximum atomic E-state index is 13.3. The van der Waals surface area contributed by atoms with Crippen LogP contribution in [0.3, 0.4) is 0 Å². The van der Waals surface area contributed by atoms with Crippen molar-refractivity contribution in [3.63, 3.8) is 0 Å². The number of carbonyl (C=O) groups excluding carboxylic acids is 1. The lowest BCUT2D eigenvalue weighted by molar-refractivity contribution is -0.915. The van der Waals surface area contributed by atoms with E-state index in [0.717, 1.165) is 55.6 Å². The van der Waals surface area contributed by atoms with Gasteiger partial charge in [-0.3, -0.25) is 0 Å².